The molecule has 0 atom stereocenters. The summed E-state index contributed by atoms with van der Waals surface area (Å²) in [7, 11) is 0. The van der Waals surface area contributed by atoms with Crippen LogP contribution in [0.2, 0.25) is 5.02 Å². The smallest absolute Gasteiger partial charge is 0.250 e. The molecule has 0 aliphatic heterocycles. The van der Waals surface area contributed by atoms with Crippen LogP contribution in [0.25, 0.3) is 0 Å². The van der Waals surface area contributed by atoms with E-state index < -0.39 is 5.82 Å². The quantitative estimate of drug-likeness (QED) is 0.936. The van der Waals surface area contributed by atoms with Crippen molar-refractivity contribution in [3.05, 3.63) is 57.7 Å². The van der Waals surface area contributed by atoms with Crippen LogP contribution in [0.5, 0.6) is 5.75 Å². The molecule has 0 radical (unpaired) electrons. The van der Waals surface area contributed by atoms with Gasteiger partial charge >= 0.3 is 0 Å². The molecule has 1 heterocycles. The third kappa shape index (κ3) is 3.48. The molecule has 0 amide bonds. The first-order valence-electron chi connectivity index (χ1n) is 5.60. The maximum absolute atomic E-state index is 12.8. The highest BCUT2D eigenvalue weighted by Gasteiger charge is 2.03. The average Bonchev–Trinajstić information content (AvgIpc) is 2.36. The number of hydrogen-bond acceptors (Lipinski definition) is 3. The zero-order valence-electron chi connectivity index (χ0n) is 9.98. The van der Waals surface area contributed by atoms with Gasteiger partial charge in [0, 0.05) is 18.0 Å². The molecule has 1 aromatic heterocycles. The van der Waals surface area contributed by atoms with Gasteiger partial charge in [-0.05, 0) is 24.3 Å². The number of halogens is 2. The van der Waals surface area contributed by atoms with Crippen LogP contribution in [0.4, 0.5) is 10.1 Å². The normalized spacial score (nSPS) is 10.4. The Morgan fingerprint density at radius 2 is 2.11 bits per heavy atom. The van der Waals surface area contributed by atoms with Gasteiger partial charge in [-0.25, -0.2) is 4.39 Å². The molecule has 0 bridgehead atoms. The fourth-order valence-corrected chi connectivity index (χ4v) is 1.79. The highest BCUT2D eigenvalue weighted by Crippen LogP contribution is 2.24. The van der Waals surface area contributed by atoms with Crippen LogP contribution in [-0.4, -0.2) is 11.2 Å². The molecule has 0 fully saturated rings. The molecule has 0 aliphatic carbocycles. The van der Waals surface area contributed by atoms with E-state index in [1.54, 1.807) is 0 Å². The van der Waals surface area contributed by atoms with Gasteiger partial charge in [-0.1, -0.05) is 11.6 Å². The predicted octanol–water partition coefficient (Wildman–Crippen LogP) is 2.30. The molecule has 2 N–H and O–H groups in total. The largest absolute Gasteiger partial charge is 0.490 e. The Morgan fingerprint density at radius 3 is 2.84 bits per heavy atom. The summed E-state index contributed by atoms with van der Waals surface area (Å²) in [5.41, 5.74) is 5.92. The number of pyridine rings is 1. The van der Waals surface area contributed by atoms with Crippen LogP contribution >= 0.6 is 11.6 Å². The minimum Gasteiger partial charge on any atom is -0.490 e. The number of aromatic nitrogens is 1. The van der Waals surface area contributed by atoms with E-state index in [9.17, 15) is 9.18 Å². The number of nitrogens with zero attached hydrogens (tertiary/aromatic N) is 1. The summed E-state index contributed by atoms with van der Waals surface area (Å²) >= 11 is 5.81. The van der Waals surface area contributed by atoms with E-state index in [0.717, 1.165) is 0 Å². The molecule has 100 valence electrons. The van der Waals surface area contributed by atoms with E-state index in [1.807, 2.05) is 0 Å². The number of rotatable bonds is 4. The molecule has 0 aliphatic rings. The highest BCUT2D eigenvalue weighted by atomic mass is 35.5. The maximum atomic E-state index is 12.8. The molecule has 4 nitrogen and oxygen atoms in total. The molecule has 0 spiro atoms. The van der Waals surface area contributed by atoms with Crippen molar-refractivity contribution in [2.75, 3.05) is 12.3 Å². The van der Waals surface area contributed by atoms with Gasteiger partial charge in [-0.3, -0.25) is 4.79 Å². The summed E-state index contributed by atoms with van der Waals surface area (Å²) in [4.78, 5) is 11.5. The molecule has 2 aromatic rings. The fourth-order valence-electron chi connectivity index (χ4n) is 1.57. The van der Waals surface area contributed by atoms with Crippen molar-refractivity contribution < 1.29 is 9.13 Å². The monoisotopic (exact) mass is 282 g/mol. The first-order valence-corrected chi connectivity index (χ1v) is 5.98. The van der Waals surface area contributed by atoms with Gasteiger partial charge in [-0.15, -0.1) is 0 Å². The van der Waals surface area contributed by atoms with Crippen LogP contribution in [0, 0.1) is 5.82 Å². The zero-order chi connectivity index (χ0) is 13.8. The number of ether oxygens (including phenoxy) is 1. The van der Waals surface area contributed by atoms with Crippen LogP contribution in [0.1, 0.15) is 0 Å². The Labute approximate surface area is 114 Å². The highest BCUT2D eigenvalue weighted by molar-refractivity contribution is 6.32. The van der Waals surface area contributed by atoms with E-state index in [-0.39, 0.29) is 17.2 Å². The third-order valence-corrected chi connectivity index (χ3v) is 2.79. The lowest BCUT2D eigenvalue weighted by Crippen LogP contribution is -2.22. The van der Waals surface area contributed by atoms with Crippen LogP contribution in [0.3, 0.4) is 0 Å². The molecule has 2 rings (SSSR count). The molecule has 0 saturated heterocycles. The van der Waals surface area contributed by atoms with Crippen LogP contribution < -0.4 is 16.0 Å². The number of nitrogens with two attached hydrogens (primary N) is 1. The van der Waals surface area contributed by atoms with Gasteiger partial charge in [0.25, 0.3) is 5.56 Å². The number of hydrogen-bond donors (Lipinski definition) is 1. The van der Waals surface area contributed by atoms with E-state index in [0.29, 0.717) is 18.0 Å². The minimum absolute atomic E-state index is 0.164. The standard InChI is InChI=1S/C13H12ClFN2O2/c14-11-7-9(15)1-3-12(11)19-6-5-17-8-10(16)2-4-13(17)18/h1-4,7-8H,5-6,16H2. The van der Waals surface area contributed by atoms with Crippen molar-refractivity contribution in [3.8, 4) is 5.75 Å². The lowest BCUT2D eigenvalue weighted by Gasteiger charge is -2.09. The van der Waals surface area contributed by atoms with Gasteiger partial charge in [0.2, 0.25) is 0 Å². The lowest BCUT2D eigenvalue weighted by molar-refractivity contribution is 0.296. The summed E-state index contributed by atoms with van der Waals surface area (Å²) in [5.74, 6) is -0.0515. The first-order chi connectivity index (χ1) is 9.06. The van der Waals surface area contributed by atoms with Crippen molar-refractivity contribution in [3.63, 3.8) is 0 Å². The summed E-state index contributed by atoms with van der Waals surface area (Å²) in [5, 5.41) is 0.194. The molecule has 19 heavy (non-hydrogen) atoms. The Bertz CT molecular complexity index is 643. The summed E-state index contributed by atoms with van der Waals surface area (Å²) in [6.07, 6.45) is 1.54. The third-order valence-electron chi connectivity index (χ3n) is 2.49. The van der Waals surface area contributed by atoms with E-state index in [4.69, 9.17) is 22.1 Å². The Balaban J connectivity index is 2.00. The Hall–Kier alpha value is -2.01. The van der Waals surface area contributed by atoms with Gasteiger partial charge in [0.15, 0.2) is 0 Å². The molecule has 0 saturated carbocycles. The molecule has 6 heteroatoms. The van der Waals surface area contributed by atoms with E-state index in [2.05, 4.69) is 0 Å². The van der Waals surface area contributed by atoms with Crippen molar-refractivity contribution in [2.45, 2.75) is 6.54 Å². The summed E-state index contributed by atoms with van der Waals surface area (Å²) in [6, 6.07) is 6.80. The summed E-state index contributed by atoms with van der Waals surface area (Å²) < 4.78 is 19.7. The zero-order valence-corrected chi connectivity index (χ0v) is 10.7. The molecule has 1 aromatic carbocycles. The van der Waals surface area contributed by atoms with Crippen LogP contribution in [0.15, 0.2) is 41.3 Å². The molecular formula is C13H12ClFN2O2. The second-order valence-electron chi connectivity index (χ2n) is 3.92. The molecular weight excluding hydrogens is 271 g/mol. The minimum atomic E-state index is -0.426. The number of anilines is 1. The van der Waals surface area contributed by atoms with Gasteiger partial charge < -0.3 is 15.0 Å². The fraction of sp³-hybridized carbons (Fsp3) is 0.154. The summed E-state index contributed by atoms with van der Waals surface area (Å²) in [6.45, 7) is 0.562. The number of nitrogen functional groups attached to an aromatic ring is 1. The van der Waals surface area contributed by atoms with Crippen molar-refractivity contribution in [2.24, 2.45) is 0 Å². The number of benzene rings is 1. The van der Waals surface area contributed by atoms with Crippen molar-refractivity contribution >= 4 is 17.3 Å². The second-order valence-corrected chi connectivity index (χ2v) is 4.32. The first kappa shape index (κ1) is 13.4. The Morgan fingerprint density at radius 1 is 1.32 bits per heavy atom. The van der Waals surface area contributed by atoms with Crippen molar-refractivity contribution in [1.82, 2.24) is 4.57 Å². The Kier molecular flexibility index (Phi) is 4.06. The average molecular weight is 283 g/mol. The second kappa shape index (κ2) is 5.75. The van der Waals surface area contributed by atoms with E-state index in [1.165, 1.54) is 41.1 Å². The SMILES string of the molecule is Nc1ccc(=O)n(CCOc2ccc(F)cc2Cl)c1. The topological polar surface area (TPSA) is 57.2 Å². The molecule has 0 unspecified atom stereocenters. The van der Waals surface area contributed by atoms with Crippen LogP contribution in [-0.2, 0) is 6.54 Å². The maximum Gasteiger partial charge on any atom is 0.250 e. The predicted molar refractivity (Wildman–Crippen MR) is 72.0 cm³/mol. The lowest BCUT2D eigenvalue weighted by atomic mass is 10.3. The van der Waals surface area contributed by atoms with E-state index >= 15 is 0 Å². The van der Waals surface area contributed by atoms with Gasteiger partial charge in [0.1, 0.15) is 18.2 Å². The van der Waals surface area contributed by atoms with Crippen molar-refractivity contribution in [1.29, 1.82) is 0 Å². The van der Waals surface area contributed by atoms with Gasteiger partial charge in [-0.2, -0.15) is 0 Å². The van der Waals surface area contributed by atoms with Gasteiger partial charge in [0.05, 0.1) is 11.6 Å².